The first-order chi connectivity index (χ1) is 6.79. The van der Waals surface area contributed by atoms with Crippen LogP contribution in [0.5, 0.6) is 0 Å². The van der Waals surface area contributed by atoms with Crippen molar-refractivity contribution in [1.82, 2.24) is 0 Å². The Bertz CT molecular complexity index is 317. The van der Waals surface area contributed by atoms with Gasteiger partial charge in [0.05, 0.1) is 5.70 Å². The van der Waals surface area contributed by atoms with Crippen molar-refractivity contribution in [3.63, 3.8) is 0 Å². The highest BCUT2D eigenvalue weighted by Crippen LogP contribution is 2.12. The summed E-state index contributed by atoms with van der Waals surface area (Å²) in [5, 5.41) is 0. The van der Waals surface area contributed by atoms with Crippen LogP contribution in [0.15, 0.2) is 71.4 Å². The van der Waals surface area contributed by atoms with Gasteiger partial charge in [0.25, 0.3) is 0 Å². The van der Waals surface area contributed by atoms with E-state index in [1.54, 1.807) is 24.3 Å². The number of hydrogen-bond acceptors (Lipinski definition) is 1. The molecule has 0 N–H and O–H groups in total. The summed E-state index contributed by atoms with van der Waals surface area (Å²) in [7, 11) is 0. The summed E-state index contributed by atoms with van der Waals surface area (Å²) in [6.45, 7) is 14.2. The van der Waals surface area contributed by atoms with Crippen molar-refractivity contribution in [1.29, 1.82) is 0 Å². The second-order valence-electron chi connectivity index (χ2n) is 2.28. The predicted molar refractivity (Wildman–Crippen MR) is 64.8 cm³/mol. The largest absolute Gasteiger partial charge is 0.253 e. The molecule has 0 aliphatic heterocycles. The van der Waals surface area contributed by atoms with Gasteiger partial charge < -0.3 is 0 Å². The van der Waals surface area contributed by atoms with Gasteiger partial charge in [-0.3, -0.25) is 4.99 Å². The molecule has 14 heavy (non-hydrogen) atoms. The maximum atomic E-state index is 4.07. The van der Waals surface area contributed by atoms with Crippen molar-refractivity contribution in [3.8, 4) is 0 Å². The minimum atomic E-state index is 0.724. The highest BCUT2D eigenvalue weighted by molar-refractivity contribution is 5.65. The molecule has 0 aromatic heterocycles. The molecule has 72 valence electrons. The van der Waals surface area contributed by atoms with Crippen LogP contribution in [0.4, 0.5) is 0 Å². The Morgan fingerprint density at radius 1 is 1.00 bits per heavy atom. The van der Waals surface area contributed by atoms with Crippen LogP contribution >= 0.6 is 0 Å². The zero-order valence-electron chi connectivity index (χ0n) is 8.19. The molecule has 0 radical (unpaired) electrons. The third-order valence-electron chi connectivity index (χ3n) is 1.37. The fourth-order valence-electron chi connectivity index (χ4n) is 0.813. The van der Waals surface area contributed by atoms with E-state index in [1.165, 1.54) is 6.34 Å². The molecule has 0 aliphatic carbocycles. The molecular formula is C12H14N2. The maximum Gasteiger partial charge on any atom is 0.115 e. The molecule has 0 fully saturated rings. The smallest absolute Gasteiger partial charge is 0.115 e. The van der Waals surface area contributed by atoms with Crippen LogP contribution in [0, 0.1) is 0 Å². The van der Waals surface area contributed by atoms with Gasteiger partial charge in [0.2, 0.25) is 0 Å². The first kappa shape index (κ1) is 12.0. The van der Waals surface area contributed by atoms with Gasteiger partial charge in [-0.25, -0.2) is 4.99 Å². The second kappa shape index (κ2) is 7.68. The fraction of sp³-hybridized carbons (Fsp3) is 0. The van der Waals surface area contributed by atoms with Gasteiger partial charge >= 0.3 is 0 Å². The molecule has 0 amide bonds. The predicted octanol–water partition coefficient (Wildman–Crippen LogP) is 3.08. The lowest BCUT2D eigenvalue weighted by Crippen LogP contribution is -1.83. The Morgan fingerprint density at radius 3 is 2.07 bits per heavy atom. The number of aliphatic imine (C=N–C) groups is 2. The monoisotopic (exact) mass is 186 g/mol. The molecule has 0 aliphatic rings. The van der Waals surface area contributed by atoms with Gasteiger partial charge in [0, 0.05) is 0 Å². The molecule has 0 aromatic rings. The van der Waals surface area contributed by atoms with E-state index in [4.69, 9.17) is 0 Å². The molecule has 0 rings (SSSR count). The Labute approximate surface area is 85.1 Å². The quantitative estimate of drug-likeness (QED) is 0.346. The van der Waals surface area contributed by atoms with Crippen LogP contribution in [-0.2, 0) is 0 Å². The lowest BCUT2D eigenvalue weighted by molar-refractivity contribution is 1.35. The molecule has 2 heteroatoms. The van der Waals surface area contributed by atoms with E-state index >= 15 is 0 Å². The summed E-state index contributed by atoms with van der Waals surface area (Å²) < 4.78 is 0. The Kier molecular flexibility index (Phi) is 6.60. The summed E-state index contributed by atoms with van der Waals surface area (Å²) in [6.07, 6.45) is 9.95. The highest BCUT2D eigenvalue weighted by atomic mass is 14.8. The summed E-state index contributed by atoms with van der Waals surface area (Å²) in [5.41, 5.74) is 1.59. The molecule has 0 saturated heterocycles. The first-order valence-electron chi connectivity index (χ1n) is 4.06. The van der Waals surface area contributed by atoms with Crippen molar-refractivity contribution < 1.29 is 0 Å². The zero-order chi connectivity index (χ0) is 10.8. The minimum Gasteiger partial charge on any atom is -0.253 e. The maximum absolute atomic E-state index is 4.07. The van der Waals surface area contributed by atoms with Gasteiger partial charge in [-0.2, -0.15) is 0 Å². The van der Waals surface area contributed by atoms with Gasteiger partial charge in [-0.15, -0.1) is 0 Å². The lowest BCUT2D eigenvalue weighted by Gasteiger charge is -1.99. The summed E-state index contributed by atoms with van der Waals surface area (Å²) in [6, 6.07) is 0. The van der Waals surface area contributed by atoms with Crippen molar-refractivity contribution in [3.05, 3.63) is 61.4 Å². The van der Waals surface area contributed by atoms with E-state index in [0.29, 0.717) is 0 Å². The van der Waals surface area contributed by atoms with E-state index in [1.807, 2.05) is 6.08 Å². The van der Waals surface area contributed by atoms with Crippen molar-refractivity contribution >= 4 is 13.1 Å². The summed E-state index contributed by atoms with van der Waals surface area (Å²) >= 11 is 0. The number of hydrogen-bond donors (Lipinski definition) is 0. The zero-order valence-corrected chi connectivity index (χ0v) is 8.19. The Hall–Kier alpha value is -1.96. The minimum absolute atomic E-state index is 0.724. The summed E-state index contributed by atoms with van der Waals surface area (Å²) in [5.74, 6) is 0. The lowest BCUT2D eigenvalue weighted by atomic mass is 10.1. The molecule has 0 saturated carbocycles. The molecule has 0 heterocycles. The Morgan fingerprint density at radius 2 is 1.64 bits per heavy atom. The highest BCUT2D eigenvalue weighted by Gasteiger charge is 1.95. The first-order valence-corrected chi connectivity index (χ1v) is 4.06. The van der Waals surface area contributed by atoms with Gasteiger partial charge in [-0.05, 0) is 18.4 Å². The van der Waals surface area contributed by atoms with E-state index < -0.39 is 0 Å². The van der Waals surface area contributed by atoms with Crippen LogP contribution < -0.4 is 0 Å². The second-order valence-corrected chi connectivity index (χ2v) is 2.28. The molecule has 0 unspecified atom stereocenters. The normalized spacial score (nSPS) is 12.6. The van der Waals surface area contributed by atoms with Gasteiger partial charge in [0.15, 0.2) is 0 Å². The average Bonchev–Trinajstić information content (AvgIpc) is 2.21. The molecule has 2 nitrogen and oxygen atoms in total. The standard InChI is InChI=1S/C12H14N2/c1-5-8-11(7-3)12(9-6-2)14-10-13-4/h5-10H,1-4H2/b11-8-,12-9+,14-10?. The fourth-order valence-corrected chi connectivity index (χ4v) is 0.813. The van der Waals surface area contributed by atoms with Crippen LogP contribution in [0.1, 0.15) is 0 Å². The van der Waals surface area contributed by atoms with Gasteiger partial charge in [0.1, 0.15) is 6.34 Å². The van der Waals surface area contributed by atoms with Crippen molar-refractivity contribution in [2.24, 2.45) is 9.98 Å². The van der Waals surface area contributed by atoms with Crippen LogP contribution in [-0.4, -0.2) is 13.1 Å². The third-order valence-corrected chi connectivity index (χ3v) is 1.37. The molecular weight excluding hydrogens is 172 g/mol. The molecule has 0 bridgehead atoms. The number of rotatable bonds is 6. The molecule has 0 atom stereocenters. The number of allylic oxidation sites excluding steroid dienone is 5. The molecule has 0 aromatic carbocycles. The number of nitrogens with zero attached hydrogens (tertiary/aromatic N) is 2. The van der Waals surface area contributed by atoms with Crippen LogP contribution in [0.2, 0.25) is 0 Å². The SMILES string of the molecule is C=C/C=C(C=C)\C(=C/C=C)N=CN=C. The third kappa shape index (κ3) is 4.16. The Balaban J connectivity index is 5.07. The van der Waals surface area contributed by atoms with Crippen molar-refractivity contribution in [2.75, 3.05) is 0 Å². The topological polar surface area (TPSA) is 24.7 Å². The van der Waals surface area contributed by atoms with E-state index in [-0.39, 0.29) is 0 Å². The van der Waals surface area contributed by atoms with E-state index in [9.17, 15) is 0 Å². The van der Waals surface area contributed by atoms with E-state index in [2.05, 4.69) is 36.4 Å². The van der Waals surface area contributed by atoms with Crippen LogP contribution in [0.25, 0.3) is 0 Å². The van der Waals surface area contributed by atoms with E-state index in [0.717, 1.165) is 11.3 Å². The summed E-state index contributed by atoms with van der Waals surface area (Å²) in [4.78, 5) is 7.60. The van der Waals surface area contributed by atoms with Crippen LogP contribution in [0.3, 0.4) is 0 Å². The van der Waals surface area contributed by atoms with Crippen molar-refractivity contribution in [2.45, 2.75) is 0 Å². The average molecular weight is 186 g/mol. The van der Waals surface area contributed by atoms with Gasteiger partial charge in [-0.1, -0.05) is 44.0 Å². The molecule has 0 spiro atoms.